The highest BCUT2D eigenvalue weighted by Gasteiger charge is 2.20. The van der Waals surface area contributed by atoms with E-state index in [0.29, 0.717) is 6.61 Å². The molecule has 0 aromatic carbocycles. The van der Waals surface area contributed by atoms with E-state index < -0.39 is 6.04 Å². The molecule has 0 rings (SSSR count). The summed E-state index contributed by atoms with van der Waals surface area (Å²) >= 11 is 0. The molecule has 0 aliphatic heterocycles. The summed E-state index contributed by atoms with van der Waals surface area (Å²) in [5, 5.41) is 2.65. The lowest BCUT2D eigenvalue weighted by Gasteiger charge is -2.16. The Kier molecular flexibility index (Phi) is 6.75. The normalized spacial score (nSPS) is 12.3. The maximum Gasteiger partial charge on any atom is 0.328 e. The molecule has 0 spiro atoms. The predicted molar refractivity (Wildman–Crippen MR) is 58.3 cm³/mol. The summed E-state index contributed by atoms with van der Waals surface area (Å²) in [7, 11) is 0. The molecule has 1 unspecified atom stereocenters. The molecule has 0 aromatic rings. The van der Waals surface area contributed by atoms with Crippen molar-refractivity contribution >= 4 is 11.9 Å². The second-order valence-corrected chi connectivity index (χ2v) is 3.50. The molecule has 0 radical (unpaired) electrons. The quantitative estimate of drug-likeness (QED) is 0.683. The van der Waals surface area contributed by atoms with E-state index >= 15 is 0 Å². The van der Waals surface area contributed by atoms with Crippen LogP contribution in [0.25, 0.3) is 0 Å². The minimum atomic E-state index is -0.557. The minimum absolute atomic E-state index is 0.0122. The van der Waals surface area contributed by atoms with Crippen LogP contribution >= 0.6 is 0 Å². The van der Waals surface area contributed by atoms with Gasteiger partial charge in [0.1, 0.15) is 6.04 Å². The van der Waals surface area contributed by atoms with Gasteiger partial charge in [-0.15, -0.1) is 0 Å². The molecular weight excluding hydrogens is 194 g/mol. The van der Waals surface area contributed by atoms with Gasteiger partial charge in [-0.25, -0.2) is 4.79 Å². The summed E-state index contributed by atoms with van der Waals surface area (Å²) in [6, 6.07) is -0.557. The molecule has 0 heterocycles. The second kappa shape index (κ2) is 7.26. The zero-order chi connectivity index (χ0) is 11.8. The molecule has 0 fully saturated rings. The van der Waals surface area contributed by atoms with Gasteiger partial charge in [0.15, 0.2) is 0 Å². The van der Waals surface area contributed by atoms with Gasteiger partial charge >= 0.3 is 5.97 Å². The van der Waals surface area contributed by atoms with Gasteiger partial charge in [0, 0.05) is 5.92 Å². The first-order chi connectivity index (χ1) is 7.06. The van der Waals surface area contributed by atoms with Gasteiger partial charge in [-0.1, -0.05) is 13.8 Å². The predicted octanol–water partition coefficient (Wildman–Crippen LogP) is 1.49. The number of carbonyl (C=O) groups is 2. The number of hydrogen-bond donors (Lipinski definition) is 1. The van der Waals surface area contributed by atoms with E-state index in [1.54, 1.807) is 13.8 Å². The van der Waals surface area contributed by atoms with Crippen molar-refractivity contribution in [3.63, 3.8) is 0 Å². The highest BCUT2D eigenvalue weighted by molar-refractivity contribution is 5.85. The number of amides is 1. The zero-order valence-corrected chi connectivity index (χ0v) is 10.0. The SMILES string of the molecule is CCOC(=O)C(C)NC(=O)C(CC)CC. The van der Waals surface area contributed by atoms with Crippen LogP contribution < -0.4 is 5.32 Å². The van der Waals surface area contributed by atoms with Crippen LogP contribution in [0.4, 0.5) is 0 Å². The van der Waals surface area contributed by atoms with Gasteiger partial charge < -0.3 is 10.1 Å². The summed E-state index contributed by atoms with van der Waals surface area (Å²) < 4.78 is 4.80. The van der Waals surface area contributed by atoms with Crippen molar-refractivity contribution < 1.29 is 14.3 Å². The van der Waals surface area contributed by atoms with Gasteiger partial charge in [0.25, 0.3) is 0 Å². The molecule has 1 amide bonds. The third-order valence-electron chi connectivity index (χ3n) is 2.36. The molecule has 4 nitrogen and oxygen atoms in total. The minimum Gasteiger partial charge on any atom is -0.464 e. The average Bonchev–Trinajstić information content (AvgIpc) is 2.19. The van der Waals surface area contributed by atoms with E-state index in [-0.39, 0.29) is 17.8 Å². The first-order valence-electron chi connectivity index (χ1n) is 5.53. The summed E-state index contributed by atoms with van der Waals surface area (Å²) in [6.45, 7) is 7.64. The first-order valence-corrected chi connectivity index (χ1v) is 5.53. The number of rotatable bonds is 6. The Morgan fingerprint density at radius 2 is 1.73 bits per heavy atom. The third-order valence-corrected chi connectivity index (χ3v) is 2.36. The molecule has 88 valence electrons. The lowest BCUT2D eigenvalue weighted by atomic mass is 10.0. The lowest BCUT2D eigenvalue weighted by molar-refractivity contribution is -0.147. The molecule has 1 atom stereocenters. The number of esters is 1. The Hall–Kier alpha value is -1.06. The fourth-order valence-electron chi connectivity index (χ4n) is 1.32. The lowest BCUT2D eigenvalue weighted by Crippen LogP contribution is -2.42. The zero-order valence-electron chi connectivity index (χ0n) is 10.0. The van der Waals surface area contributed by atoms with Crippen LogP contribution in [0.2, 0.25) is 0 Å². The van der Waals surface area contributed by atoms with Crippen molar-refractivity contribution in [2.24, 2.45) is 5.92 Å². The first kappa shape index (κ1) is 13.9. The third kappa shape index (κ3) is 4.81. The fourth-order valence-corrected chi connectivity index (χ4v) is 1.32. The number of nitrogens with one attached hydrogen (secondary N) is 1. The molecule has 1 N–H and O–H groups in total. The van der Waals surface area contributed by atoms with Crippen LogP contribution in [0.5, 0.6) is 0 Å². The number of hydrogen-bond acceptors (Lipinski definition) is 3. The highest BCUT2D eigenvalue weighted by Crippen LogP contribution is 2.07. The van der Waals surface area contributed by atoms with Crippen LogP contribution in [-0.2, 0) is 14.3 Å². The van der Waals surface area contributed by atoms with Crippen molar-refractivity contribution in [2.45, 2.75) is 46.6 Å². The van der Waals surface area contributed by atoms with Gasteiger partial charge in [-0.3, -0.25) is 4.79 Å². The van der Waals surface area contributed by atoms with Crippen LogP contribution in [0.3, 0.4) is 0 Å². The maximum atomic E-state index is 11.6. The summed E-state index contributed by atoms with van der Waals surface area (Å²) in [4.78, 5) is 22.8. The van der Waals surface area contributed by atoms with Crippen molar-refractivity contribution in [2.75, 3.05) is 6.61 Å². The summed E-state index contributed by atoms with van der Waals surface area (Å²) in [5.41, 5.74) is 0. The molecule has 0 bridgehead atoms. The van der Waals surface area contributed by atoms with Gasteiger partial charge in [0.2, 0.25) is 5.91 Å². The van der Waals surface area contributed by atoms with Gasteiger partial charge in [-0.2, -0.15) is 0 Å². The van der Waals surface area contributed by atoms with Crippen molar-refractivity contribution in [3.8, 4) is 0 Å². The van der Waals surface area contributed by atoms with Crippen LogP contribution in [0.1, 0.15) is 40.5 Å². The van der Waals surface area contributed by atoms with Crippen molar-refractivity contribution in [3.05, 3.63) is 0 Å². The molecule has 0 aromatic heterocycles. The molecular formula is C11H21NO3. The Balaban J connectivity index is 4.10. The number of ether oxygens (including phenoxy) is 1. The van der Waals surface area contributed by atoms with E-state index in [9.17, 15) is 9.59 Å². The summed E-state index contributed by atoms with van der Waals surface area (Å²) in [6.07, 6.45) is 1.58. The van der Waals surface area contributed by atoms with Gasteiger partial charge in [0.05, 0.1) is 6.61 Å². The fraction of sp³-hybridized carbons (Fsp3) is 0.818. The van der Waals surface area contributed by atoms with E-state index in [0.717, 1.165) is 12.8 Å². The smallest absolute Gasteiger partial charge is 0.328 e. The Labute approximate surface area is 91.4 Å². The maximum absolute atomic E-state index is 11.6. The van der Waals surface area contributed by atoms with E-state index in [1.807, 2.05) is 13.8 Å². The molecule has 0 aliphatic carbocycles. The largest absolute Gasteiger partial charge is 0.464 e. The molecule has 0 aliphatic rings. The summed E-state index contributed by atoms with van der Waals surface area (Å²) in [5.74, 6) is -0.459. The van der Waals surface area contributed by atoms with E-state index in [2.05, 4.69) is 5.32 Å². The number of carbonyl (C=O) groups excluding carboxylic acids is 2. The highest BCUT2D eigenvalue weighted by atomic mass is 16.5. The Morgan fingerprint density at radius 1 is 1.20 bits per heavy atom. The van der Waals surface area contributed by atoms with Gasteiger partial charge in [-0.05, 0) is 26.7 Å². The standard InChI is InChI=1S/C11H21NO3/c1-5-9(6-2)10(13)12-8(4)11(14)15-7-3/h8-9H,5-7H2,1-4H3,(H,12,13). The molecule has 0 saturated heterocycles. The monoisotopic (exact) mass is 215 g/mol. The topological polar surface area (TPSA) is 55.4 Å². The van der Waals surface area contributed by atoms with Crippen molar-refractivity contribution in [1.29, 1.82) is 0 Å². The Bertz CT molecular complexity index is 212. The van der Waals surface area contributed by atoms with Crippen LogP contribution in [0, 0.1) is 5.92 Å². The second-order valence-electron chi connectivity index (χ2n) is 3.50. The Morgan fingerprint density at radius 3 is 2.13 bits per heavy atom. The van der Waals surface area contributed by atoms with E-state index in [1.165, 1.54) is 0 Å². The van der Waals surface area contributed by atoms with E-state index in [4.69, 9.17) is 4.74 Å². The average molecular weight is 215 g/mol. The van der Waals surface area contributed by atoms with Crippen molar-refractivity contribution in [1.82, 2.24) is 5.32 Å². The molecule has 0 saturated carbocycles. The van der Waals surface area contributed by atoms with Crippen LogP contribution in [0.15, 0.2) is 0 Å². The van der Waals surface area contributed by atoms with Crippen LogP contribution in [-0.4, -0.2) is 24.5 Å². The molecule has 4 heteroatoms. The molecule has 15 heavy (non-hydrogen) atoms.